The number of hydrogen-bond acceptors (Lipinski definition) is 4. The molecule has 1 amide bonds. The lowest BCUT2D eigenvalue weighted by molar-refractivity contribution is 0.102. The van der Waals surface area contributed by atoms with Gasteiger partial charge in [-0.05, 0) is 42.5 Å². The van der Waals surface area contributed by atoms with Crippen LogP contribution in [0.1, 0.15) is 10.4 Å². The Morgan fingerprint density at radius 1 is 0.900 bits per heavy atom. The second-order valence-corrected chi connectivity index (χ2v) is 6.93. The molecule has 7 nitrogen and oxygen atoms in total. The number of nitrogens with zero attached hydrogens (tertiary/aromatic N) is 1. The van der Waals surface area contributed by atoms with Gasteiger partial charge >= 0.3 is 0 Å². The van der Waals surface area contributed by atoms with Gasteiger partial charge in [0.1, 0.15) is 0 Å². The molecule has 0 aliphatic heterocycles. The number of hydrogen-bond donors (Lipinski definition) is 4. The normalized spacial score (nSPS) is 11.1. The lowest BCUT2D eigenvalue weighted by Crippen LogP contribution is -2.12. The Morgan fingerprint density at radius 2 is 1.67 bits per heavy atom. The Labute approximate surface area is 170 Å². The number of nitrogens with one attached hydrogen (secondary N) is 3. The molecule has 0 atom stereocenters. The van der Waals surface area contributed by atoms with E-state index in [2.05, 4.69) is 20.3 Å². The Balaban J connectivity index is 1.57. The number of benzene rings is 3. The topological polar surface area (TPSA) is 117 Å². The van der Waals surface area contributed by atoms with Crippen molar-refractivity contribution in [2.75, 3.05) is 11.1 Å². The van der Waals surface area contributed by atoms with Crippen molar-refractivity contribution in [1.82, 2.24) is 15.0 Å². The number of carbonyl (C=O) groups is 1. The number of aromatic nitrogens is 3. The Hall–Kier alpha value is -4.39. The van der Waals surface area contributed by atoms with Gasteiger partial charge in [0.2, 0.25) is 0 Å². The molecule has 0 aliphatic carbocycles. The van der Waals surface area contributed by atoms with Gasteiger partial charge in [-0.15, -0.1) is 0 Å². The van der Waals surface area contributed by atoms with Crippen molar-refractivity contribution >= 4 is 39.2 Å². The van der Waals surface area contributed by atoms with Gasteiger partial charge in [0.15, 0.2) is 5.69 Å². The SMILES string of the molecule is Nc1c(-c2nc3ccccc3[nH]c2=O)[nH]c2ccc(C(=O)Nc3ccccc3)cc12. The Kier molecular flexibility index (Phi) is 4.07. The van der Waals surface area contributed by atoms with E-state index in [0.29, 0.717) is 44.6 Å². The van der Waals surface area contributed by atoms with Gasteiger partial charge in [-0.2, -0.15) is 0 Å². The lowest BCUT2D eigenvalue weighted by Gasteiger charge is -2.05. The minimum atomic E-state index is -0.339. The monoisotopic (exact) mass is 395 g/mol. The third kappa shape index (κ3) is 2.98. The molecule has 2 aromatic heterocycles. The number of para-hydroxylation sites is 3. The largest absolute Gasteiger partial charge is 0.396 e. The van der Waals surface area contributed by atoms with Crippen molar-refractivity contribution in [3.8, 4) is 11.4 Å². The van der Waals surface area contributed by atoms with Crippen LogP contribution < -0.4 is 16.6 Å². The van der Waals surface area contributed by atoms with Crippen LogP contribution in [0.2, 0.25) is 0 Å². The second-order valence-electron chi connectivity index (χ2n) is 6.93. The van der Waals surface area contributed by atoms with Gasteiger partial charge < -0.3 is 21.0 Å². The van der Waals surface area contributed by atoms with Gasteiger partial charge in [0.05, 0.1) is 22.4 Å². The summed E-state index contributed by atoms with van der Waals surface area (Å²) in [5, 5.41) is 3.51. The van der Waals surface area contributed by atoms with E-state index in [4.69, 9.17) is 5.73 Å². The first-order chi connectivity index (χ1) is 14.6. The first-order valence-corrected chi connectivity index (χ1v) is 9.37. The number of amides is 1. The summed E-state index contributed by atoms with van der Waals surface area (Å²) in [6.07, 6.45) is 0. The number of fused-ring (bicyclic) bond motifs is 2. The number of nitrogens with two attached hydrogens (primary N) is 1. The molecule has 0 fully saturated rings. The van der Waals surface area contributed by atoms with Crippen LogP contribution in [-0.4, -0.2) is 20.9 Å². The molecule has 0 aliphatic rings. The van der Waals surface area contributed by atoms with Crippen molar-refractivity contribution in [2.45, 2.75) is 0 Å². The number of nitrogen functional groups attached to an aromatic ring is 1. The van der Waals surface area contributed by atoms with Gasteiger partial charge in [0.25, 0.3) is 11.5 Å². The van der Waals surface area contributed by atoms with E-state index in [1.54, 1.807) is 24.3 Å². The summed E-state index contributed by atoms with van der Waals surface area (Å²) in [7, 11) is 0. The standard InChI is InChI=1S/C23H17N5O2/c24-19-15-12-13(22(29)25-14-6-2-1-3-7-14)10-11-16(15)26-20(19)21-23(30)28-18-9-5-4-8-17(18)27-21/h1-12,26H,24H2,(H,25,29)(H,28,30). The maximum atomic E-state index is 12.6. The Morgan fingerprint density at radius 3 is 2.50 bits per heavy atom. The number of carbonyl (C=O) groups excluding carboxylic acids is 1. The summed E-state index contributed by atoms with van der Waals surface area (Å²) >= 11 is 0. The zero-order valence-electron chi connectivity index (χ0n) is 15.8. The molecule has 0 radical (unpaired) electrons. The molecule has 0 saturated heterocycles. The van der Waals surface area contributed by atoms with E-state index in [0.717, 1.165) is 0 Å². The predicted octanol–water partition coefficient (Wildman–Crippen LogP) is 3.91. The maximum absolute atomic E-state index is 12.6. The molecule has 7 heteroatoms. The fourth-order valence-electron chi connectivity index (χ4n) is 3.46. The molecule has 5 rings (SSSR count). The highest BCUT2D eigenvalue weighted by atomic mass is 16.1. The molecule has 30 heavy (non-hydrogen) atoms. The number of H-pyrrole nitrogens is 2. The van der Waals surface area contributed by atoms with Crippen molar-refractivity contribution in [3.05, 3.63) is 88.7 Å². The fourth-order valence-corrected chi connectivity index (χ4v) is 3.46. The first kappa shape index (κ1) is 17.7. The first-order valence-electron chi connectivity index (χ1n) is 9.37. The molecule has 0 unspecified atom stereocenters. The third-order valence-electron chi connectivity index (χ3n) is 4.97. The molecule has 0 spiro atoms. The van der Waals surface area contributed by atoms with E-state index >= 15 is 0 Å². The Bertz CT molecular complexity index is 1470. The van der Waals surface area contributed by atoms with Crippen LogP contribution in [0.25, 0.3) is 33.3 Å². The average Bonchev–Trinajstić information content (AvgIpc) is 3.09. The highest BCUT2D eigenvalue weighted by Gasteiger charge is 2.17. The van der Waals surface area contributed by atoms with E-state index in [-0.39, 0.29) is 17.2 Å². The summed E-state index contributed by atoms with van der Waals surface area (Å²) < 4.78 is 0. The summed E-state index contributed by atoms with van der Waals surface area (Å²) in [5.74, 6) is -0.244. The number of aromatic amines is 2. The van der Waals surface area contributed by atoms with Crippen LogP contribution in [0.3, 0.4) is 0 Å². The van der Waals surface area contributed by atoms with Crippen molar-refractivity contribution in [1.29, 1.82) is 0 Å². The van der Waals surface area contributed by atoms with Crippen molar-refractivity contribution < 1.29 is 4.79 Å². The van der Waals surface area contributed by atoms with Crippen LogP contribution in [0.5, 0.6) is 0 Å². The van der Waals surface area contributed by atoms with Crippen molar-refractivity contribution in [3.63, 3.8) is 0 Å². The van der Waals surface area contributed by atoms with Gasteiger partial charge in [-0.25, -0.2) is 4.98 Å². The van der Waals surface area contributed by atoms with Gasteiger partial charge in [-0.3, -0.25) is 9.59 Å². The molecule has 0 saturated carbocycles. The minimum absolute atomic E-state index is 0.206. The molecular weight excluding hydrogens is 378 g/mol. The molecule has 0 bridgehead atoms. The highest BCUT2D eigenvalue weighted by Crippen LogP contribution is 2.31. The van der Waals surface area contributed by atoms with E-state index in [9.17, 15) is 9.59 Å². The molecule has 5 aromatic rings. The highest BCUT2D eigenvalue weighted by molar-refractivity contribution is 6.09. The van der Waals surface area contributed by atoms with Gasteiger partial charge in [-0.1, -0.05) is 30.3 Å². The van der Waals surface area contributed by atoms with Crippen LogP contribution >= 0.6 is 0 Å². The molecule has 146 valence electrons. The van der Waals surface area contributed by atoms with Gasteiger partial charge in [0, 0.05) is 22.2 Å². The van der Waals surface area contributed by atoms with Crippen LogP contribution in [0.4, 0.5) is 11.4 Å². The molecule has 5 N–H and O–H groups in total. The lowest BCUT2D eigenvalue weighted by atomic mass is 10.1. The molecule has 2 heterocycles. The second kappa shape index (κ2) is 6.89. The average molecular weight is 395 g/mol. The zero-order chi connectivity index (χ0) is 20.7. The van der Waals surface area contributed by atoms with Crippen LogP contribution in [0.15, 0.2) is 77.6 Å². The van der Waals surface area contributed by atoms with Crippen LogP contribution in [0, 0.1) is 0 Å². The maximum Gasteiger partial charge on any atom is 0.276 e. The fraction of sp³-hybridized carbons (Fsp3) is 0. The zero-order valence-corrected chi connectivity index (χ0v) is 15.8. The number of rotatable bonds is 3. The predicted molar refractivity (Wildman–Crippen MR) is 118 cm³/mol. The molecule has 3 aromatic carbocycles. The smallest absolute Gasteiger partial charge is 0.276 e. The quantitative estimate of drug-likeness (QED) is 0.371. The van der Waals surface area contributed by atoms with Crippen LogP contribution in [-0.2, 0) is 0 Å². The summed E-state index contributed by atoms with van der Waals surface area (Å²) in [6.45, 7) is 0. The van der Waals surface area contributed by atoms with E-state index < -0.39 is 0 Å². The summed E-state index contributed by atoms with van der Waals surface area (Å²) in [4.78, 5) is 35.7. The van der Waals surface area contributed by atoms with E-state index in [1.165, 1.54) is 0 Å². The minimum Gasteiger partial charge on any atom is -0.396 e. The molecular formula is C23H17N5O2. The van der Waals surface area contributed by atoms with E-state index in [1.807, 2.05) is 48.5 Å². The summed E-state index contributed by atoms with van der Waals surface area (Å²) in [5.41, 5.74) is 10.2. The van der Waals surface area contributed by atoms with Crippen molar-refractivity contribution in [2.24, 2.45) is 0 Å². The summed E-state index contributed by atoms with van der Waals surface area (Å²) in [6, 6.07) is 21.7. The number of anilines is 2. The third-order valence-corrected chi connectivity index (χ3v) is 4.97.